The molecule has 2 aliphatic rings. The quantitative estimate of drug-likeness (QED) is 0.639. The third-order valence-electron chi connectivity index (χ3n) is 5.59. The van der Waals surface area contributed by atoms with Crippen LogP contribution in [0.25, 0.3) is 0 Å². The Morgan fingerprint density at radius 3 is 3.00 bits per heavy atom. The lowest BCUT2D eigenvalue weighted by molar-refractivity contribution is 0.131. The highest BCUT2D eigenvalue weighted by Crippen LogP contribution is 2.47. The number of halogens is 1. The van der Waals surface area contributed by atoms with E-state index < -0.39 is 0 Å². The van der Waals surface area contributed by atoms with Crippen LogP contribution in [0.3, 0.4) is 0 Å². The van der Waals surface area contributed by atoms with Crippen LogP contribution in [0.5, 0.6) is 0 Å². The molecule has 11 heteroatoms. The molecule has 0 aliphatic carbocycles. The molecular weight excluding hydrogens is 460 g/mol. The van der Waals surface area contributed by atoms with Gasteiger partial charge in [0.2, 0.25) is 0 Å². The molecule has 8 nitrogen and oxygen atoms in total. The van der Waals surface area contributed by atoms with Crippen molar-refractivity contribution in [3.63, 3.8) is 0 Å². The van der Waals surface area contributed by atoms with Crippen molar-refractivity contribution < 1.29 is 19.4 Å². The van der Waals surface area contributed by atoms with E-state index in [2.05, 4.69) is 10.3 Å². The van der Waals surface area contributed by atoms with Crippen LogP contribution >= 0.6 is 34.7 Å². The van der Waals surface area contributed by atoms with Crippen molar-refractivity contribution >= 4 is 57.6 Å². The van der Waals surface area contributed by atoms with Crippen LogP contribution in [-0.2, 0) is 10.2 Å². The molecule has 4 rings (SSSR count). The minimum Gasteiger partial charge on any atom is -0.453 e. The number of benzene rings is 1. The Hall–Kier alpha value is -2.01. The van der Waals surface area contributed by atoms with Crippen molar-refractivity contribution in [2.75, 3.05) is 43.6 Å². The van der Waals surface area contributed by atoms with Crippen LogP contribution in [0.2, 0.25) is 5.02 Å². The molecule has 1 aromatic carbocycles. The normalized spacial score (nSPS) is 20.8. The van der Waals surface area contributed by atoms with E-state index in [4.69, 9.17) is 16.3 Å². The number of thiazole rings is 1. The summed E-state index contributed by atoms with van der Waals surface area (Å²) in [5, 5.41) is 13.2. The Bertz CT molecular complexity index is 1000. The smallest absolute Gasteiger partial charge is 0.409 e. The number of thioether (sulfide) groups is 1. The van der Waals surface area contributed by atoms with Gasteiger partial charge in [-0.1, -0.05) is 29.9 Å². The number of ether oxygens (including phenoxy) is 1. The van der Waals surface area contributed by atoms with E-state index in [1.54, 1.807) is 22.1 Å². The molecule has 1 saturated heterocycles. The number of aliphatic hydroxyl groups is 1. The zero-order valence-electron chi connectivity index (χ0n) is 17.1. The molecule has 3 amide bonds. The number of aromatic nitrogens is 1. The number of urea groups is 1. The molecule has 3 heterocycles. The van der Waals surface area contributed by atoms with Gasteiger partial charge in [-0.05, 0) is 30.2 Å². The molecule has 1 spiro atoms. The summed E-state index contributed by atoms with van der Waals surface area (Å²) in [4.78, 5) is 32.9. The number of methoxy groups -OCH3 is 1. The van der Waals surface area contributed by atoms with Crippen LogP contribution in [0.1, 0.15) is 18.9 Å². The average molecular weight is 483 g/mol. The largest absolute Gasteiger partial charge is 0.453 e. The molecule has 2 atom stereocenters. The number of nitrogens with zero attached hydrogens (tertiary/aromatic N) is 3. The number of hydrogen-bond acceptors (Lipinski definition) is 7. The van der Waals surface area contributed by atoms with Gasteiger partial charge in [-0.15, -0.1) is 11.8 Å². The number of likely N-dealkylation sites (tertiary alicyclic amines) is 1. The lowest BCUT2D eigenvalue weighted by atomic mass is 9.81. The van der Waals surface area contributed by atoms with Crippen LogP contribution in [-0.4, -0.2) is 65.7 Å². The fourth-order valence-corrected chi connectivity index (χ4v) is 6.31. The number of carbonyl (C=O) groups excluding carboxylic acids is 2. The molecular formula is C20H23ClN4O4S2. The van der Waals surface area contributed by atoms with Gasteiger partial charge in [0.05, 0.1) is 24.1 Å². The molecule has 2 unspecified atom stereocenters. The second-order valence-corrected chi connectivity index (χ2v) is 10.9. The number of anilines is 2. The van der Waals surface area contributed by atoms with Crippen molar-refractivity contribution in [2.24, 2.45) is 0 Å². The third kappa shape index (κ3) is 4.34. The molecule has 31 heavy (non-hydrogen) atoms. The molecule has 2 aliphatic heterocycles. The highest BCUT2D eigenvalue weighted by molar-refractivity contribution is 8.01. The Morgan fingerprint density at radius 2 is 2.26 bits per heavy atom. The summed E-state index contributed by atoms with van der Waals surface area (Å²) < 4.78 is 5.81. The fourth-order valence-electron chi connectivity index (χ4n) is 4.09. The van der Waals surface area contributed by atoms with Crippen molar-refractivity contribution in [3.8, 4) is 0 Å². The SMILES string of the molecule is COC(=O)N1CCC2(C1)CN(C(=O)Nc1ncc(SC(C)CO)s1)c1ccc(Cl)cc12. The number of fused-ring (bicyclic) bond motifs is 2. The molecule has 1 aromatic heterocycles. The number of rotatable bonds is 4. The number of carbonyl (C=O) groups is 2. The van der Waals surface area contributed by atoms with Gasteiger partial charge in [0.1, 0.15) is 0 Å². The molecule has 2 N–H and O–H groups in total. The zero-order valence-corrected chi connectivity index (χ0v) is 19.5. The second-order valence-electron chi connectivity index (χ2n) is 7.70. The Labute approximate surface area is 193 Å². The maximum Gasteiger partial charge on any atom is 0.409 e. The van der Waals surface area contributed by atoms with Gasteiger partial charge in [0.15, 0.2) is 5.13 Å². The lowest BCUT2D eigenvalue weighted by Gasteiger charge is -2.25. The highest BCUT2D eigenvalue weighted by atomic mass is 35.5. The van der Waals surface area contributed by atoms with E-state index in [0.29, 0.717) is 29.8 Å². The topological polar surface area (TPSA) is 95.0 Å². The summed E-state index contributed by atoms with van der Waals surface area (Å²) in [6.45, 7) is 3.46. The fraction of sp³-hybridized carbons (Fsp3) is 0.450. The maximum absolute atomic E-state index is 13.2. The zero-order chi connectivity index (χ0) is 22.2. The van der Waals surface area contributed by atoms with Crippen molar-refractivity contribution in [2.45, 2.75) is 28.2 Å². The Morgan fingerprint density at radius 1 is 1.45 bits per heavy atom. The van der Waals surface area contributed by atoms with Gasteiger partial charge in [-0.3, -0.25) is 10.2 Å². The van der Waals surface area contributed by atoms with Gasteiger partial charge < -0.3 is 14.7 Å². The third-order valence-corrected chi connectivity index (χ3v) is 7.96. The molecule has 1 fully saturated rings. The number of hydrogen-bond donors (Lipinski definition) is 2. The van der Waals surface area contributed by atoms with E-state index in [1.807, 2.05) is 19.1 Å². The predicted octanol–water partition coefficient (Wildman–Crippen LogP) is 4.03. The van der Waals surface area contributed by atoms with Crippen LogP contribution in [0, 0.1) is 0 Å². The maximum atomic E-state index is 13.2. The summed E-state index contributed by atoms with van der Waals surface area (Å²) in [6, 6.07) is 5.22. The minimum atomic E-state index is -0.383. The van der Waals surface area contributed by atoms with Gasteiger partial charge in [0, 0.05) is 41.0 Å². The lowest BCUT2D eigenvalue weighted by Crippen LogP contribution is -2.41. The van der Waals surface area contributed by atoms with Crippen molar-refractivity contribution in [3.05, 3.63) is 35.0 Å². The molecule has 0 bridgehead atoms. The summed E-state index contributed by atoms with van der Waals surface area (Å²) in [5.74, 6) is 0. The number of aliphatic hydroxyl groups excluding tert-OH is 1. The van der Waals surface area contributed by atoms with Gasteiger partial charge >= 0.3 is 12.1 Å². The van der Waals surface area contributed by atoms with Gasteiger partial charge in [-0.25, -0.2) is 14.6 Å². The Balaban J connectivity index is 1.54. The standard InChI is InChI=1S/C20H23ClN4O4S2/c1-12(9-26)30-16-8-22-17(31-16)23-18(27)25-11-20(5-6-24(10-20)19(28)29-2)14-7-13(21)3-4-15(14)25/h3-4,7-8,12,26H,5-6,9-11H2,1-2H3,(H,22,23,27). The van der Waals surface area contributed by atoms with Crippen LogP contribution in [0.15, 0.2) is 28.6 Å². The van der Waals surface area contributed by atoms with Crippen LogP contribution < -0.4 is 10.2 Å². The Kier molecular flexibility index (Phi) is 6.34. The van der Waals surface area contributed by atoms with Crippen molar-refractivity contribution in [1.29, 1.82) is 0 Å². The molecule has 0 saturated carbocycles. The van der Waals surface area contributed by atoms with Gasteiger partial charge in [-0.2, -0.15) is 0 Å². The summed E-state index contributed by atoms with van der Waals surface area (Å²) in [5.41, 5.74) is 1.37. The number of amides is 3. The first-order chi connectivity index (χ1) is 14.8. The minimum absolute atomic E-state index is 0.0548. The predicted molar refractivity (Wildman–Crippen MR) is 123 cm³/mol. The van der Waals surface area contributed by atoms with E-state index in [1.165, 1.54) is 30.2 Å². The van der Waals surface area contributed by atoms with E-state index in [0.717, 1.165) is 21.9 Å². The van der Waals surface area contributed by atoms with Gasteiger partial charge in [0.25, 0.3) is 0 Å². The molecule has 0 radical (unpaired) electrons. The van der Waals surface area contributed by atoms with E-state index in [9.17, 15) is 14.7 Å². The first-order valence-corrected chi connectivity index (χ1v) is 11.9. The molecule has 2 aromatic rings. The molecule has 166 valence electrons. The summed E-state index contributed by atoms with van der Waals surface area (Å²) >= 11 is 9.15. The monoisotopic (exact) mass is 482 g/mol. The summed E-state index contributed by atoms with van der Waals surface area (Å²) in [7, 11) is 1.37. The van der Waals surface area contributed by atoms with Crippen LogP contribution in [0.4, 0.5) is 20.4 Å². The first-order valence-electron chi connectivity index (χ1n) is 9.80. The number of nitrogens with one attached hydrogen (secondary N) is 1. The van der Waals surface area contributed by atoms with Crippen molar-refractivity contribution in [1.82, 2.24) is 9.88 Å². The second kappa shape index (κ2) is 8.85. The highest BCUT2D eigenvalue weighted by Gasteiger charge is 2.50. The first kappa shape index (κ1) is 22.2. The van der Waals surface area contributed by atoms with E-state index >= 15 is 0 Å². The average Bonchev–Trinajstić information content (AvgIpc) is 3.46. The summed E-state index contributed by atoms with van der Waals surface area (Å²) in [6.07, 6.45) is 2.05. The van der Waals surface area contributed by atoms with E-state index in [-0.39, 0.29) is 29.4 Å².